The second-order valence-electron chi connectivity index (χ2n) is 2.50. The number of hydrogen-bond acceptors (Lipinski definition) is 2. The average Bonchev–Trinajstić information content (AvgIpc) is 2.00. The molecular formula is C6H13ClN2Pt. The molecule has 1 aliphatic rings. The third-order valence-corrected chi connectivity index (χ3v) is 1.67. The summed E-state index contributed by atoms with van der Waals surface area (Å²) < 4.78 is 0. The van der Waals surface area contributed by atoms with Gasteiger partial charge in [-0.2, -0.15) is 12.8 Å². The zero-order valence-electron chi connectivity index (χ0n) is 5.75. The molecule has 1 saturated carbocycles. The van der Waals surface area contributed by atoms with Crippen LogP contribution in [-0.2, 0) is 18.8 Å². The van der Waals surface area contributed by atoms with Crippen LogP contribution in [0.25, 0.3) is 0 Å². The third-order valence-electron chi connectivity index (χ3n) is 1.67. The van der Waals surface area contributed by atoms with Gasteiger partial charge in [0.25, 0.3) is 0 Å². The zero-order chi connectivity index (χ0) is 7.98. The van der Waals surface area contributed by atoms with E-state index in [4.69, 9.17) is 11.5 Å². The summed E-state index contributed by atoms with van der Waals surface area (Å²) in [7, 11) is 4.61. The van der Waals surface area contributed by atoms with Crippen LogP contribution in [0.3, 0.4) is 0 Å². The predicted octanol–water partition coefficient (Wildman–Crippen LogP) is 1.07. The van der Waals surface area contributed by atoms with Crippen molar-refractivity contribution in [1.82, 2.24) is 0 Å². The minimum absolute atomic E-state index is 0.419. The van der Waals surface area contributed by atoms with Gasteiger partial charge < -0.3 is 11.5 Å². The van der Waals surface area contributed by atoms with Crippen molar-refractivity contribution in [1.29, 1.82) is 0 Å². The molecule has 0 heterocycles. The van der Waals surface area contributed by atoms with Gasteiger partial charge in [0, 0.05) is 0 Å². The quantitative estimate of drug-likeness (QED) is 0.646. The summed E-state index contributed by atoms with van der Waals surface area (Å²) in [5, 5.41) is 0. The van der Waals surface area contributed by atoms with Crippen molar-refractivity contribution in [3.63, 3.8) is 0 Å². The summed E-state index contributed by atoms with van der Waals surface area (Å²) >= 11 is 1.61. The Balaban J connectivity index is 0.000000371. The molecule has 2 nitrogen and oxygen atoms in total. The van der Waals surface area contributed by atoms with Crippen molar-refractivity contribution in [3.05, 3.63) is 6.04 Å². The maximum absolute atomic E-state index is 5.63. The summed E-state index contributed by atoms with van der Waals surface area (Å²) in [5.41, 5.74) is 11.2. The molecule has 0 radical (unpaired) electrons. The molecule has 10 heavy (non-hydrogen) atoms. The first-order chi connectivity index (χ1) is 4.79. The fraction of sp³-hybridized carbons (Fsp3) is 0.833. The molecule has 4 heteroatoms. The molecule has 0 bridgehead atoms. The van der Waals surface area contributed by atoms with Gasteiger partial charge in [-0.15, -0.1) is 0 Å². The molecule has 1 fully saturated rings. The molecule has 0 aliphatic heterocycles. The van der Waals surface area contributed by atoms with E-state index in [9.17, 15) is 0 Å². The molecule has 0 spiro atoms. The molecule has 1 rings (SSSR count). The first kappa shape index (κ1) is 10.9. The van der Waals surface area contributed by atoms with Gasteiger partial charge in [0.2, 0.25) is 0 Å². The Bertz CT molecular complexity index is 64.1. The number of nitrogens with two attached hydrogens (primary N) is 2. The summed E-state index contributed by atoms with van der Waals surface area (Å²) in [6.45, 7) is 0. The van der Waals surface area contributed by atoms with Crippen LogP contribution in [0.2, 0.25) is 0 Å². The van der Waals surface area contributed by atoms with Crippen molar-refractivity contribution in [2.45, 2.75) is 31.7 Å². The number of halogens is 1. The van der Waals surface area contributed by atoms with Crippen molar-refractivity contribution >= 4 is 9.42 Å². The first-order valence-electron chi connectivity index (χ1n) is 3.27. The van der Waals surface area contributed by atoms with Crippen LogP contribution < -0.4 is 11.5 Å². The fourth-order valence-electron chi connectivity index (χ4n) is 1.01. The van der Waals surface area contributed by atoms with Crippen LogP contribution in [0.5, 0.6) is 0 Å². The predicted molar refractivity (Wildman–Crippen MR) is 39.7 cm³/mol. The van der Waals surface area contributed by atoms with E-state index in [1.165, 1.54) is 0 Å². The van der Waals surface area contributed by atoms with Crippen LogP contribution in [-0.4, -0.2) is 6.04 Å². The van der Waals surface area contributed by atoms with E-state index >= 15 is 0 Å². The van der Waals surface area contributed by atoms with E-state index in [0.717, 1.165) is 31.7 Å². The maximum atomic E-state index is 5.63. The van der Waals surface area contributed by atoms with E-state index in [1.54, 1.807) is 18.8 Å². The number of hydrogen-bond donors (Lipinski definition) is 2. The topological polar surface area (TPSA) is 52.0 Å². The standard InChI is InChI=1S/C6H13N2.ClH.Pt/c7-5-1-2-6(8)4-3-5;;/h5H,1-4,7-8H2;1H;/q-1;;+2/p-1. The Morgan fingerprint density at radius 2 is 1.70 bits per heavy atom. The van der Waals surface area contributed by atoms with Gasteiger partial charge in [-0.25, -0.2) is 0 Å². The van der Waals surface area contributed by atoms with Crippen molar-refractivity contribution < 1.29 is 18.8 Å². The van der Waals surface area contributed by atoms with Crippen molar-refractivity contribution in [2.75, 3.05) is 0 Å². The third kappa shape index (κ3) is 4.67. The SMILES string of the molecule is N[C-]1CCC(N)CC1.[Cl][Pt+]. The van der Waals surface area contributed by atoms with Crippen LogP contribution in [0, 0.1) is 6.04 Å². The van der Waals surface area contributed by atoms with Gasteiger partial charge in [0.05, 0.1) is 0 Å². The zero-order valence-corrected chi connectivity index (χ0v) is 8.78. The van der Waals surface area contributed by atoms with Crippen LogP contribution in [0.1, 0.15) is 25.7 Å². The Morgan fingerprint density at radius 1 is 1.30 bits per heavy atom. The van der Waals surface area contributed by atoms with E-state index < -0.39 is 0 Å². The van der Waals surface area contributed by atoms with Gasteiger partial charge in [-0.3, -0.25) is 6.04 Å². The van der Waals surface area contributed by atoms with Gasteiger partial charge in [-0.05, 0) is 6.04 Å². The summed E-state index contributed by atoms with van der Waals surface area (Å²) in [4.78, 5) is 0. The normalized spacial score (nSPS) is 21.7. The molecule has 1 aliphatic carbocycles. The Kier molecular flexibility index (Phi) is 7.19. The van der Waals surface area contributed by atoms with Crippen LogP contribution in [0.15, 0.2) is 0 Å². The van der Waals surface area contributed by atoms with Crippen molar-refractivity contribution in [2.24, 2.45) is 11.5 Å². The fourth-order valence-corrected chi connectivity index (χ4v) is 1.01. The molecule has 64 valence electrons. The Labute approximate surface area is 77.5 Å². The van der Waals surface area contributed by atoms with Gasteiger partial charge in [0.1, 0.15) is 0 Å². The van der Waals surface area contributed by atoms with Crippen molar-refractivity contribution in [3.8, 4) is 0 Å². The molecule has 0 amide bonds. The van der Waals surface area contributed by atoms with Gasteiger partial charge in [-0.1, -0.05) is 12.8 Å². The first-order valence-corrected chi connectivity index (χ1v) is 6.08. The van der Waals surface area contributed by atoms with Crippen LogP contribution in [0.4, 0.5) is 0 Å². The molecule has 0 aromatic rings. The van der Waals surface area contributed by atoms with E-state index in [2.05, 4.69) is 9.42 Å². The van der Waals surface area contributed by atoms with Gasteiger partial charge in [0.15, 0.2) is 0 Å². The van der Waals surface area contributed by atoms with Crippen LogP contribution >= 0.6 is 9.42 Å². The Hall–Kier alpha value is 0.898. The van der Waals surface area contributed by atoms with E-state index in [1.807, 2.05) is 0 Å². The second-order valence-corrected chi connectivity index (χ2v) is 2.50. The van der Waals surface area contributed by atoms with E-state index in [0.29, 0.717) is 6.04 Å². The average molecular weight is 344 g/mol. The summed E-state index contributed by atoms with van der Waals surface area (Å²) in [6, 6.07) is 1.55. The molecule has 0 saturated heterocycles. The summed E-state index contributed by atoms with van der Waals surface area (Å²) in [6.07, 6.45) is 4.26. The molecular weight excluding hydrogens is 331 g/mol. The second kappa shape index (κ2) is 6.60. The molecule has 0 unspecified atom stereocenters. The number of rotatable bonds is 0. The molecule has 0 aromatic heterocycles. The molecule has 0 atom stereocenters. The summed E-state index contributed by atoms with van der Waals surface area (Å²) in [5.74, 6) is 0. The van der Waals surface area contributed by atoms with E-state index in [-0.39, 0.29) is 0 Å². The Morgan fingerprint density at radius 3 is 2.00 bits per heavy atom. The minimum atomic E-state index is 0.419. The monoisotopic (exact) mass is 343 g/mol. The molecule has 0 aromatic carbocycles. The molecule has 4 N–H and O–H groups in total. The van der Waals surface area contributed by atoms with Gasteiger partial charge >= 0.3 is 28.2 Å².